The summed E-state index contributed by atoms with van der Waals surface area (Å²) in [6.07, 6.45) is 2.88. The number of Topliss-reactive ketones (excluding diaryl/α,β-unsaturated/α-hetero) is 1. The fourth-order valence-electron chi connectivity index (χ4n) is 3.25. The molecular formula is C16H24ClN3O3S. The Kier molecular flexibility index (Phi) is 6.01. The van der Waals surface area contributed by atoms with Crippen molar-refractivity contribution in [2.24, 2.45) is 17.1 Å². The maximum absolute atomic E-state index is 12.3. The van der Waals surface area contributed by atoms with Crippen LogP contribution in [0.4, 0.5) is 5.13 Å². The van der Waals surface area contributed by atoms with Gasteiger partial charge in [-0.2, -0.15) is 0 Å². The highest BCUT2D eigenvalue weighted by atomic mass is 35.5. The molecule has 1 atom stereocenters. The number of thiazole rings is 1. The van der Waals surface area contributed by atoms with Crippen molar-refractivity contribution in [2.45, 2.75) is 45.6 Å². The van der Waals surface area contributed by atoms with Crippen LogP contribution < -0.4 is 11.1 Å². The van der Waals surface area contributed by atoms with Gasteiger partial charge < -0.3 is 15.8 Å². The number of nitrogens with one attached hydrogen (secondary N) is 1. The molecule has 2 heterocycles. The number of amides is 1. The maximum Gasteiger partial charge on any atom is 0.243 e. The molecule has 0 saturated carbocycles. The number of ether oxygens (including phenoxy) is 1. The van der Waals surface area contributed by atoms with Crippen LogP contribution in [0.2, 0.25) is 0 Å². The summed E-state index contributed by atoms with van der Waals surface area (Å²) < 4.78 is 5.30. The van der Waals surface area contributed by atoms with E-state index in [9.17, 15) is 9.59 Å². The largest absolute Gasteiger partial charge is 0.381 e. The van der Waals surface area contributed by atoms with E-state index in [2.05, 4.69) is 24.1 Å². The van der Waals surface area contributed by atoms with Crippen LogP contribution in [0.15, 0.2) is 0 Å². The standard InChI is InChI=1S/C16H23N3O3S.ClH/c1-16(2)7-10-13(11(20)8-16)23-15(18-10)19-14(21)12(17)9-3-5-22-6-4-9;/h9,12H,3-8,17H2,1-2H3,(H,18,19,21);1H. The van der Waals surface area contributed by atoms with Crippen molar-refractivity contribution in [3.63, 3.8) is 0 Å². The van der Waals surface area contributed by atoms with Gasteiger partial charge >= 0.3 is 0 Å². The molecule has 3 N–H and O–H groups in total. The number of aromatic nitrogens is 1. The first-order chi connectivity index (χ1) is 10.9. The number of hydrogen-bond acceptors (Lipinski definition) is 6. The zero-order valence-corrected chi connectivity index (χ0v) is 15.6. The van der Waals surface area contributed by atoms with Gasteiger partial charge in [0.2, 0.25) is 5.91 Å². The van der Waals surface area contributed by atoms with Crippen molar-refractivity contribution in [3.8, 4) is 0 Å². The molecule has 6 nitrogen and oxygen atoms in total. The van der Waals surface area contributed by atoms with Gasteiger partial charge in [-0.3, -0.25) is 9.59 Å². The molecule has 0 radical (unpaired) electrons. The summed E-state index contributed by atoms with van der Waals surface area (Å²) in [5, 5.41) is 3.27. The van der Waals surface area contributed by atoms with E-state index in [1.54, 1.807) is 0 Å². The number of ketones is 1. The predicted octanol–water partition coefficient (Wildman–Crippen LogP) is 2.41. The molecule has 1 aromatic rings. The van der Waals surface area contributed by atoms with Gasteiger partial charge in [0.1, 0.15) is 0 Å². The summed E-state index contributed by atoms with van der Waals surface area (Å²) >= 11 is 1.26. The molecule has 1 fully saturated rings. The van der Waals surface area contributed by atoms with Crippen molar-refractivity contribution in [2.75, 3.05) is 18.5 Å². The van der Waals surface area contributed by atoms with Crippen LogP contribution in [0.1, 0.15) is 48.5 Å². The Morgan fingerprint density at radius 1 is 1.38 bits per heavy atom. The van der Waals surface area contributed by atoms with Crippen LogP contribution in [-0.2, 0) is 16.0 Å². The van der Waals surface area contributed by atoms with E-state index in [0.717, 1.165) is 25.0 Å². The lowest BCUT2D eigenvalue weighted by Crippen LogP contribution is -2.44. The minimum atomic E-state index is -0.563. The summed E-state index contributed by atoms with van der Waals surface area (Å²) in [4.78, 5) is 29.7. The van der Waals surface area contributed by atoms with E-state index in [-0.39, 0.29) is 35.4 Å². The van der Waals surface area contributed by atoms with E-state index >= 15 is 0 Å². The van der Waals surface area contributed by atoms with Gasteiger partial charge in [-0.25, -0.2) is 4.98 Å². The smallest absolute Gasteiger partial charge is 0.243 e. The first kappa shape index (κ1) is 19.3. The second-order valence-corrected chi connectivity index (χ2v) is 8.20. The van der Waals surface area contributed by atoms with Crippen molar-refractivity contribution in [1.29, 1.82) is 0 Å². The van der Waals surface area contributed by atoms with Crippen LogP contribution in [0.5, 0.6) is 0 Å². The third-order valence-electron chi connectivity index (χ3n) is 4.54. The minimum absolute atomic E-state index is 0. The third kappa shape index (κ3) is 4.14. The second-order valence-electron chi connectivity index (χ2n) is 7.20. The maximum atomic E-state index is 12.3. The van der Waals surface area contributed by atoms with Gasteiger partial charge in [0.05, 0.1) is 16.6 Å². The Morgan fingerprint density at radius 3 is 2.71 bits per heavy atom. The third-order valence-corrected chi connectivity index (χ3v) is 5.60. The van der Waals surface area contributed by atoms with Crippen molar-refractivity contribution in [1.82, 2.24) is 4.98 Å². The van der Waals surface area contributed by atoms with Gasteiger partial charge in [0.25, 0.3) is 0 Å². The summed E-state index contributed by atoms with van der Waals surface area (Å²) in [7, 11) is 0. The number of carbonyl (C=O) groups excluding carboxylic acids is 2. The molecular weight excluding hydrogens is 350 g/mol. The molecule has 0 bridgehead atoms. The lowest BCUT2D eigenvalue weighted by atomic mass is 9.78. The Labute approximate surface area is 152 Å². The van der Waals surface area contributed by atoms with Crippen LogP contribution in [-0.4, -0.2) is 35.9 Å². The molecule has 1 aliphatic heterocycles. The average Bonchev–Trinajstić information content (AvgIpc) is 2.88. The number of fused-ring (bicyclic) bond motifs is 1. The number of carbonyl (C=O) groups is 2. The highest BCUT2D eigenvalue weighted by molar-refractivity contribution is 7.17. The first-order valence-electron chi connectivity index (χ1n) is 8.03. The summed E-state index contributed by atoms with van der Waals surface area (Å²) in [5.41, 5.74) is 6.80. The molecule has 24 heavy (non-hydrogen) atoms. The summed E-state index contributed by atoms with van der Waals surface area (Å²) in [6, 6.07) is -0.563. The molecule has 2 aliphatic rings. The molecule has 1 amide bonds. The molecule has 3 rings (SSSR count). The van der Waals surface area contributed by atoms with Gasteiger partial charge in [-0.15, -0.1) is 12.4 Å². The number of nitrogens with zero attached hydrogens (tertiary/aromatic N) is 1. The fourth-order valence-corrected chi connectivity index (χ4v) is 4.17. The number of anilines is 1. The zero-order valence-electron chi connectivity index (χ0n) is 14.0. The van der Waals surface area contributed by atoms with E-state index in [1.807, 2.05) is 0 Å². The average molecular weight is 374 g/mol. The normalized spacial score (nSPS) is 21.5. The SMILES string of the molecule is CC1(C)CC(=O)c2sc(NC(=O)C(N)C3CCOCC3)nc2C1.Cl. The minimum Gasteiger partial charge on any atom is -0.381 e. The summed E-state index contributed by atoms with van der Waals surface area (Å²) in [5.74, 6) is 0.0246. The van der Waals surface area contributed by atoms with Crippen LogP contribution in [0, 0.1) is 11.3 Å². The van der Waals surface area contributed by atoms with Crippen LogP contribution in [0.25, 0.3) is 0 Å². The number of hydrogen-bond donors (Lipinski definition) is 2. The zero-order chi connectivity index (χ0) is 16.6. The molecule has 1 saturated heterocycles. The number of halogens is 1. The molecule has 1 unspecified atom stereocenters. The van der Waals surface area contributed by atoms with Gasteiger partial charge in [-0.1, -0.05) is 25.2 Å². The predicted molar refractivity (Wildman–Crippen MR) is 95.9 cm³/mol. The topological polar surface area (TPSA) is 94.3 Å². The van der Waals surface area contributed by atoms with Gasteiger partial charge in [0, 0.05) is 19.6 Å². The van der Waals surface area contributed by atoms with E-state index in [1.165, 1.54) is 11.3 Å². The Bertz CT molecular complexity index is 626. The molecule has 0 aromatic carbocycles. The Morgan fingerprint density at radius 2 is 2.04 bits per heavy atom. The van der Waals surface area contributed by atoms with Crippen molar-refractivity contribution < 1.29 is 14.3 Å². The number of nitrogens with two attached hydrogens (primary N) is 1. The Balaban J connectivity index is 0.00000208. The fraction of sp³-hybridized carbons (Fsp3) is 0.688. The lowest BCUT2D eigenvalue weighted by Gasteiger charge is -2.26. The molecule has 8 heteroatoms. The van der Waals surface area contributed by atoms with Gasteiger partial charge in [0.15, 0.2) is 10.9 Å². The van der Waals surface area contributed by atoms with E-state index < -0.39 is 6.04 Å². The highest BCUT2D eigenvalue weighted by Gasteiger charge is 2.34. The molecule has 0 spiro atoms. The highest BCUT2D eigenvalue weighted by Crippen LogP contribution is 2.38. The Hall–Kier alpha value is -1.02. The molecule has 1 aliphatic carbocycles. The van der Waals surface area contributed by atoms with Crippen LogP contribution >= 0.6 is 23.7 Å². The number of rotatable bonds is 3. The molecule has 134 valence electrons. The summed E-state index contributed by atoms with van der Waals surface area (Å²) in [6.45, 7) is 5.43. The first-order valence-corrected chi connectivity index (χ1v) is 8.84. The van der Waals surface area contributed by atoms with Crippen molar-refractivity contribution in [3.05, 3.63) is 10.6 Å². The monoisotopic (exact) mass is 373 g/mol. The van der Waals surface area contributed by atoms with E-state index in [4.69, 9.17) is 10.5 Å². The van der Waals surface area contributed by atoms with Crippen LogP contribution in [0.3, 0.4) is 0 Å². The van der Waals surface area contributed by atoms with E-state index in [0.29, 0.717) is 29.6 Å². The molecule has 1 aromatic heterocycles. The lowest BCUT2D eigenvalue weighted by molar-refractivity contribution is -0.119. The second kappa shape index (κ2) is 7.47. The van der Waals surface area contributed by atoms with Gasteiger partial charge in [-0.05, 0) is 30.6 Å². The quantitative estimate of drug-likeness (QED) is 0.848. The van der Waals surface area contributed by atoms with Crippen molar-refractivity contribution >= 4 is 40.6 Å².